The average Bonchev–Trinajstić information content (AvgIpc) is 2.74. The molecule has 4 N–H and O–H groups in total. The van der Waals surface area contributed by atoms with Crippen molar-refractivity contribution in [3.63, 3.8) is 0 Å². The maximum Gasteiger partial charge on any atom is 0.250 e. The summed E-state index contributed by atoms with van der Waals surface area (Å²) in [5.41, 5.74) is 6.54. The number of nitrogens with one attached hydrogen (secondary N) is 1. The van der Waals surface area contributed by atoms with E-state index in [0.29, 0.717) is 24.1 Å². The molecule has 9 heteroatoms. The number of benzene rings is 2. The van der Waals surface area contributed by atoms with Gasteiger partial charge in [-0.25, -0.2) is 8.42 Å². The Kier molecular flexibility index (Phi) is 6.31. The fourth-order valence-electron chi connectivity index (χ4n) is 3.38. The summed E-state index contributed by atoms with van der Waals surface area (Å²) in [5.74, 6) is -1.32. The molecule has 0 saturated carbocycles. The van der Waals surface area contributed by atoms with Gasteiger partial charge >= 0.3 is 0 Å². The Bertz CT molecular complexity index is 1010. The fourth-order valence-corrected chi connectivity index (χ4v) is 5.05. The minimum absolute atomic E-state index is 0.0452. The van der Waals surface area contributed by atoms with Crippen LogP contribution in [0.4, 0.5) is 5.69 Å². The molecular formula is C20H23N3O5S. The molecule has 8 nitrogen and oxygen atoms in total. The lowest BCUT2D eigenvalue weighted by Gasteiger charge is -2.31. The van der Waals surface area contributed by atoms with E-state index in [2.05, 4.69) is 5.32 Å². The third-order valence-corrected chi connectivity index (χ3v) is 6.93. The van der Waals surface area contributed by atoms with Crippen LogP contribution >= 0.6 is 0 Å². The standard InChI is InChI=1S/C20H23N3O5S/c21-19(25)17-6-1-2-7-18(17)29(27,28)23-10-8-15(9-11-23)20(26)22-16-5-3-4-14(12-16)13-24/h1-7,12,15,24H,8-11,13H2,(H2,21,25)(H,22,26). The third-order valence-electron chi connectivity index (χ3n) is 4.97. The molecule has 0 aliphatic carbocycles. The van der Waals surface area contributed by atoms with Gasteiger partial charge in [0.25, 0.3) is 0 Å². The molecule has 2 aromatic carbocycles. The van der Waals surface area contributed by atoms with Crippen molar-refractivity contribution >= 4 is 27.5 Å². The SMILES string of the molecule is NC(=O)c1ccccc1S(=O)(=O)N1CCC(C(=O)Nc2cccc(CO)c2)CC1. The van der Waals surface area contributed by atoms with Crippen LogP contribution in [-0.2, 0) is 21.4 Å². The van der Waals surface area contributed by atoms with Crippen LogP contribution in [0.15, 0.2) is 53.4 Å². The Morgan fingerprint density at radius 2 is 1.79 bits per heavy atom. The highest BCUT2D eigenvalue weighted by Crippen LogP contribution is 2.26. The number of aliphatic hydroxyl groups excluding tert-OH is 1. The highest BCUT2D eigenvalue weighted by atomic mass is 32.2. The smallest absolute Gasteiger partial charge is 0.250 e. The van der Waals surface area contributed by atoms with Gasteiger partial charge < -0.3 is 16.2 Å². The van der Waals surface area contributed by atoms with E-state index in [0.717, 1.165) is 0 Å². The van der Waals surface area contributed by atoms with Crippen LogP contribution in [0.2, 0.25) is 0 Å². The molecular weight excluding hydrogens is 394 g/mol. The van der Waals surface area contributed by atoms with Crippen molar-refractivity contribution in [2.45, 2.75) is 24.3 Å². The zero-order valence-corrected chi connectivity index (χ0v) is 16.6. The predicted octanol–water partition coefficient (Wildman–Crippen LogP) is 1.32. The van der Waals surface area contributed by atoms with Crippen molar-refractivity contribution in [3.05, 3.63) is 59.7 Å². The van der Waals surface area contributed by atoms with Gasteiger partial charge in [-0.15, -0.1) is 0 Å². The van der Waals surface area contributed by atoms with E-state index < -0.39 is 15.9 Å². The van der Waals surface area contributed by atoms with Crippen molar-refractivity contribution < 1.29 is 23.1 Å². The Morgan fingerprint density at radius 1 is 1.10 bits per heavy atom. The molecule has 0 aromatic heterocycles. The summed E-state index contributed by atoms with van der Waals surface area (Å²) in [6.45, 7) is 0.223. The Hall–Kier alpha value is -2.75. The van der Waals surface area contributed by atoms with E-state index in [1.165, 1.54) is 16.4 Å². The van der Waals surface area contributed by atoms with Gasteiger partial charge in [0.15, 0.2) is 0 Å². The molecule has 1 saturated heterocycles. The molecule has 1 aliphatic rings. The van der Waals surface area contributed by atoms with Gasteiger partial charge in [0, 0.05) is 24.7 Å². The van der Waals surface area contributed by atoms with Crippen LogP contribution in [0.5, 0.6) is 0 Å². The number of rotatable bonds is 6. The normalized spacial score (nSPS) is 15.8. The van der Waals surface area contributed by atoms with Gasteiger partial charge in [-0.2, -0.15) is 4.31 Å². The molecule has 0 unspecified atom stereocenters. The number of nitrogens with two attached hydrogens (primary N) is 1. The Morgan fingerprint density at radius 3 is 2.45 bits per heavy atom. The molecule has 0 radical (unpaired) electrons. The van der Waals surface area contributed by atoms with Crippen LogP contribution in [0.3, 0.4) is 0 Å². The first-order chi connectivity index (χ1) is 13.8. The number of sulfonamides is 1. The van der Waals surface area contributed by atoms with Gasteiger partial charge in [0.2, 0.25) is 21.8 Å². The number of anilines is 1. The van der Waals surface area contributed by atoms with E-state index in [-0.39, 0.29) is 42.0 Å². The largest absolute Gasteiger partial charge is 0.392 e. The maximum atomic E-state index is 12.9. The summed E-state index contributed by atoms with van der Waals surface area (Å²) in [6.07, 6.45) is 0.729. The van der Waals surface area contributed by atoms with Crippen molar-refractivity contribution in [3.8, 4) is 0 Å². The molecule has 2 aromatic rings. The zero-order valence-electron chi connectivity index (χ0n) is 15.7. The molecule has 0 bridgehead atoms. The van der Waals surface area contributed by atoms with Crippen LogP contribution in [-0.4, -0.2) is 42.7 Å². The lowest BCUT2D eigenvalue weighted by atomic mass is 9.97. The minimum Gasteiger partial charge on any atom is -0.392 e. The van der Waals surface area contributed by atoms with Crippen molar-refractivity contribution in [1.82, 2.24) is 4.31 Å². The number of carbonyl (C=O) groups is 2. The van der Waals surface area contributed by atoms with Crippen LogP contribution < -0.4 is 11.1 Å². The van der Waals surface area contributed by atoms with Crippen LogP contribution in [0.25, 0.3) is 0 Å². The molecule has 29 heavy (non-hydrogen) atoms. The molecule has 1 aliphatic heterocycles. The minimum atomic E-state index is -3.88. The second-order valence-electron chi connectivity index (χ2n) is 6.89. The lowest BCUT2D eigenvalue weighted by Crippen LogP contribution is -2.41. The van der Waals surface area contributed by atoms with Gasteiger partial charge in [-0.3, -0.25) is 9.59 Å². The summed E-state index contributed by atoms with van der Waals surface area (Å²) in [4.78, 5) is 24.0. The number of piperidine rings is 1. The second-order valence-corrected chi connectivity index (χ2v) is 8.79. The molecule has 2 amide bonds. The quantitative estimate of drug-likeness (QED) is 0.653. The van der Waals surface area contributed by atoms with Gasteiger partial charge in [0.1, 0.15) is 0 Å². The number of aliphatic hydroxyl groups is 1. The van der Waals surface area contributed by atoms with Gasteiger partial charge in [-0.1, -0.05) is 24.3 Å². The average molecular weight is 417 g/mol. The van der Waals surface area contributed by atoms with E-state index in [9.17, 15) is 23.1 Å². The number of nitrogens with zero attached hydrogens (tertiary/aromatic N) is 1. The second kappa shape index (κ2) is 8.73. The molecule has 1 fully saturated rings. The highest BCUT2D eigenvalue weighted by molar-refractivity contribution is 7.89. The molecule has 3 rings (SSSR count). The van der Waals surface area contributed by atoms with Crippen molar-refractivity contribution in [2.75, 3.05) is 18.4 Å². The number of hydrogen-bond donors (Lipinski definition) is 3. The molecule has 0 spiro atoms. The number of primary amides is 1. The van der Waals surface area contributed by atoms with E-state index >= 15 is 0 Å². The predicted molar refractivity (Wildman–Crippen MR) is 107 cm³/mol. The van der Waals surface area contributed by atoms with E-state index in [4.69, 9.17) is 5.73 Å². The Balaban J connectivity index is 1.67. The maximum absolute atomic E-state index is 12.9. The van der Waals surface area contributed by atoms with E-state index in [1.807, 2.05) is 0 Å². The summed E-state index contributed by atoms with van der Waals surface area (Å²) >= 11 is 0. The summed E-state index contributed by atoms with van der Waals surface area (Å²) in [5, 5.41) is 12.0. The van der Waals surface area contributed by atoms with Gasteiger partial charge in [0.05, 0.1) is 17.1 Å². The molecule has 154 valence electrons. The molecule has 1 heterocycles. The highest BCUT2D eigenvalue weighted by Gasteiger charge is 2.33. The van der Waals surface area contributed by atoms with Crippen LogP contribution in [0, 0.1) is 5.92 Å². The first kappa shape index (κ1) is 21.0. The number of amides is 2. The zero-order chi connectivity index (χ0) is 21.0. The Labute approximate surface area is 169 Å². The molecule has 0 atom stereocenters. The van der Waals surface area contributed by atoms with E-state index in [1.54, 1.807) is 36.4 Å². The van der Waals surface area contributed by atoms with Crippen molar-refractivity contribution in [1.29, 1.82) is 0 Å². The number of hydrogen-bond acceptors (Lipinski definition) is 5. The summed E-state index contributed by atoms with van der Waals surface area (Å²) in [7, 11) is -3.88. The summed E-state index contributed by atoms with van der Waals surface area (Å²) < 4.78 is 27.2. The lowest BCUT2D eigenvalue weighted by molar-refractivity contribution is -0.120. The van der Waals surface area contributed by atoms with Crippen molar-refractivity contribution in [2.24, 2.45) is 11.7 Å². The first-order valence-electron chi connectivity index (χ1n) is 9.22. The topological polar surface area (TPSA) is 130 Å². The third kappa shape index (κ3) is 4.64. The fraction of sp³-hybridized carbons (Fsp3) is 0.300. The van der Waals surface area contributed by atoms with Gasteiger partial charge in [-0.05, 0) is 42.7 Å². The van der Waals surface area contributed by atoms with Crippen LogP contribution in [0.1, 0.15) is 28.8 Å². The monoisotopic (exact) mass is 417 g/mol. The first-order valence-corrected chi connectivity index (χ1v) is 10.7. The summed E-state index contributed by atoms with van der Waals surface area (Å²) in [6, 6.07) is 12.8. The number of carbonyl (C=O) groups excluding carboxylic acids is 2.